The highest BCUT2D eigenvalue weighted by atomic mass is 16.5. The predicted molar refractivity (Wildman–Crippen MR) is 80.5 cm³/mol. The highest BCUT2D eigenvalue weighted by molar-refractivity contribution is 5.88. The lowest BCUT2D eigenvalue weighted by molar-refractivity contribution is -0.138. The molecule has 0 aliphatic heterocycles. The van der Waals surface area contributed by atoms with Crippen LogP contribution in [0.4, 0.5) is 11.4 Å². The summed E-state index contributed by atoms with van der Waals surface area (Å²) < 4.78 is 5.12. The van der Waals surface area contributed by atoms with Crippen LogP contribution in [0.15, 0.2) is 54.6 Å². The van der Waals surface area contributed by atoms with E-state index >= 15 is 0 Å². The number of carbonyl (C=O) groups excluding carboxylic acids is 1. The second kappa shape index (κ2) is 6.43. The van der Waals surface area contributed by atoms with Crippen molar-refractivity contribution >= 4 is 23.4 Å². The molecular weight excluding hydrogens is 252 g/mol. The number of ether oxygens (including phenoxy) is 1. The summed E-state index contributed by atoms with van der Waals surface area (Å²) >= 11 is 0. The van der Waals surface area contributed by atoms with Gasteiger partial charge >= 0.3 is 5.97 Å². The average Bonchev–Trinajstić information content (AvgIpc) is 2.45. The number of carbonyl (C=O) groups is 1. The first-order chi connectivity index (χ1) is 9.65. The fourth-order valence-electron chi connectivity index (χ4n) is 1.68. The van der Waals surface area contributed by atoms with Crippen LogP contribution in [0, 0.1) is 0 Å². The minimum absolute atomic E-state index is 0.251. The van der Waals surface area contributed by atoms with Crippen LogP contribution in [0.1, 0.15) is 11.1 Å². The summed E-state index contributed by atoms with van der Waals surface area (Å²) in [5.41, 5.74) is 14.2. The van der Waals surface area contributed by atoms with Crippen molar-refractivity contribution in [2.45, 2.75) is 6.61 Å². The molecule has 2 aromatic carbocycles. The van der Waals surface area contributed by atoms with E-state index in [1.54, 1.807) is 24.3 Å². The number of nitrogen functional groups attached to an aromatic ring is 2. The van der Waals surface area contributed by atoms with Crippen molar-refractivity contribution in [3.8, 4) is 0 Å². The van der Waals surface area contributed by atoms with Crippen molar-refractivity contribution in [3.63, 3.8) is 0 Å². The van der Waals surface area contributed by atoms with Crippen LogP contribution in [-0.2, 0) is 16.1 Å². The SMILES string of the molecule is Nc1ccc(/C=C/C(=O)OCc2ccccc2)c(N)c1. The third kappa shape index (κ3) is 3.88. The Morgan fingerprint density at radius 2 is 1.85 bits per heavy atom. The van der Waals surface area contributed by atoms with E-state index in [0.29, 0.717) is 11.4 Å². The van der Waals surface area contributed by atoms with Gasteiger partial charge in [0.2, 0.25) is 0 Å². The molecule has 0 saturated carbocycles. The third-order valence-corrected chi connectivity index (χ3v) is 2.73. The maximum Gasteiger partial charge on any atom is 0.331 e. The summed E-state index contributed by atoms with van der Waals surface area (Å²) in [4.78, 5) is 11.6. The van der Waals surface area contributed by atoms with E-state index in [0.717, 1.165) is 11.1 Å². The Morgan fingerprint density at radius 3 is 2.55 bits per heavy atom. The second-order valence-corrected chi connectivity index (χ2v) is 4.31. The quantitative estimate of drug-likeness (QED) is 0.507. The van der Waals surface area contributed by atoms with Crippen LogP contribution in [0.25, 0.3) is 6.08 Å². The van der Waals surface area contributed by atoms with Crippen molar-refractivity contribution in [2.75, 3.05) is 11.5 Å². The fraction of sp³-hybridized carbons (Fsp3) is 0.0625. The van der Waals surface area contributed by atoms with Gasteiger partial charge in [-0.05, 0) is 29.3 Å². The summed E-state index contributed by atoms with van der Waals surface area (Å²) in [5.74, 6) is -0.412. The van der Waals surface area contributed by atoms with Gasteiger partial charge in [0, 0.05) is 17.5 Å². The summed E-state index contributed by atoms with van der Waals surface area (Å²) in [6.45, 7) is 0.251. The highest BCUT2D eigenvalue weighted by Gasteiger charge is 2.00. The van der Waals surface area contributed by atoms with Gasteiger partial charge in [-0.1, -0.05) is 36.4 Å². The lowest BCUT2D eigenvalue weighted by Gasteiger charge is -2.03. The van der Waals surface area contributed by atoms with Crippen molar-refractivity contribution < 1.29 is 9.53 Å². The molecule has 0 aromatic heterocycles. The molecule has 2 aromatic rings. The van der Waals surface area contributed by atoms with Gasteiger partial charge in [-0.25, -0.2) is 4.79 Å². The Morgan fingerprint density at radius 1 is 1.10 bits per heavy atom. The van der Waals surface area contributed by atoms with Gasteiger partial charge in [-0.2, -0.15) is 0 Å². The molecule has 0 bridgehead atoms. The Bertz CT molecular complexity index is 622. The predicted octanol–water partition coefficient (Wildman–Crippen LogP) is 2.61. The van der Waals surface area contributed by atoms with E-state index in [1.165, 1.54) is 6.08 Å². The van der Waals surface area contributed by atoms with E-state index in [4.69, 9.17) is 16.2 Å². The molecule has 0 amide bonds. The van der Waals surface area contributed by atoms with E-state index in [1.807, 2.05) is 30.3 Å². The molecule has 0 unspecified atom stereocenters. The minimum atomic E-state index is -0.412. The normalized spacial score (nSPS) is 10.6. The van der Waals surface area contributed by atoms with Crippen molar-refractivity contribution in [2.24, 2.45) is 0 Å². The topological polar surface area (TPSA) is 78.3 Å². The number of nitrogens with two attached hydrogens (primary N) is 2. The van der Waals surface area contributed by atoms with Gasteiger partial charge in [0.1, 0.15) is 6.61 Å². The molecule has 102 valence electrons. The average molecular weight is 268 g/mol. The molecule has 0 aliphatic rings. The van der Waals surface area contributed by atoms with Crippen molar-refractivity contribution in [1.29, 1.82) is 0 Å². The Labute approximate surface area is 117 Å². The molecule has 0 fully saturated rings. The zero-order valence-corrected chi connectivity index (χ0v) is 11.0. The van der Waals surface area contributed by atoms with Gasteiger partial charge in [0.25, 0.3) is 0 Å². The maximum atomic E-state index is 11.6. The van der Waals surface area contributed by atoms with Gasteiger partial charge in [0.15, 0.2) is 0 Å². The van der Waals surface area contributed by atoms with E-state index in [2.05, 4.69) is 0 Å². The standard InChI is InChI=1S/C16H16N2O2/c17-14-8-6-13(15(18)10-14)7-9-16(19)20-11-12-4-2-1-3-5-12/h1-10H,11,17-18H2/b9-7+. The first-order valence-electron chi connectivity index (χ1n) is 6.19. The second-order valence-electron chi connectivity index (χ2n) is 4.31. The molecule has 20 heavy (non-hydrogen) atoms. The monoisotopic (exact) mass is 268 g/mol. The zero-order valence-electron chi connectivity index (χ0n) is 11.0. The van der Waals surface area contributed by atoms with Crippen LogP contribution in [0.5, 0.6) is 0 Å². The first kappa shape index (κ1) is 13.7. The summed E-state index contributed by atoms with van der Waals surface area (Å²) in [7, 11) is 0. The number of rotatable bonds is 4. The Kier molecular flexibility index (Phi) is 4.39. The minimum Gasteiger partial charge on any atom is -0.458 e. The Hall–Kier alpha value is -2.75. The van der Waals surface area contributed by atoms with Gasteiger partial charge < -0.3 is 16.2 Å². The fourth-order valence-corrected chi connectivity index (χ4v) is 1.68. The van der Waals surface area contributed by atoms with E-state index in [9.17, 15) is 4.79 Å². The van der Waals surface area contributed by atoms with Crippen LogP contribution < -0.4 is 11.5 Å². The largest absolute Gasteiger partial charge is 0.458 e. The molecular formula is C16H16N2O2. The number of benzene rings is 2. The van der Waals surface area contributed by atoms with Gasteiger partial charge in [0.05, 0.1) is 0 Å². The molecule has 0 saturated heterocycles. The molecule has 2 rings (SSSR count). The number of esters is 1. The van der Waals surface area contributed by atoms with Crippen LogP contribution in [0.3, 0.4) is 0 Å². The molecule has 4 N–H and O–H groups in total. The summed E-state index contributed by atoms with van der Waals surface area (Å²) in [6, 6.07) is 14.6. The van der Waals surface area contributed by atoms with E-state index < -0.39 is 5.97 Å². The van der Waals surface area contributed by atoms with Crippen LogP contribution in [0.2, 0.25) is 0 Å². The lowest BCUT2D eigenvalue weighted by atomic mass is 10.1. The van der Waals surface area contributed by atoms with Crippen molar-refractivity contribution in [1.82, 2.24) is 0 Å². The van der Waals surface area contributed by atoms with Gasteiger partial charge in [-0.3, -0.25) is 0 Å². The Balaban J connectivity index is 1.92. The molecule has 0 heterocycles. The zero-order chi connectivity index (χ0) is 14.4. The van der Waals surface area contributed by atoms with Gasteiger partial charge in [-0.15, -0.1) is 0 Å². The van der Waals surface area contributed by atoms with E-state index in [-0.39, 0.29) is 6.61 Å². The number of hydrogen-bond acceptors (Lipinski definition) is 4. The lowest BCUT2D eigenvalue weighted by Crippen LogP contribution is -2.00. The first-order valence-corrected chi connectivity index (χ1v) is 6.19. The molecule has 0 atom stereocenters. The third-order valence-electron chi connectivity index (χ3n) is 2.73. The molecule has 4 nitrogen and oxygen atoms in total. The maximum absolute atomic E-state index is 11.6. The number of anilines is 2. The molecule has 0 spiro atoms. The molecule has 0 radical (unpaired) electrons. The summed E-state index contributed by atoms with van der Waals surface area (Å²) in [5, 5.41) is 0. The number of hydrogen-bond donors (Lipinski definition) is 2. The molecule has 0 aliphatic carbocycles. The van der Waals surface area contributed by atoms with Crippen molar-refractivity contribution in [3.05, 3.63) is 65.7 Å². The summed E-state index contributed by atoms with van der Waals surface area (Å²) in [6.07, 6.45) is 2.97. The van der Waals surface area contributed by atoms with Crippen LogP contribution >= 0.6 is 0 Å². The van der Waals surface area contributed by atoms with Crippen LogP contribution in [-0.4, -0.2) is 5.97 Å². The highest BCUT2D eigenvalue weighted by Crippen LogP contribution is 2.17. The smallest absolute Gasteiger partial charge is 0.331 e. The molecule has 4 heteroatoms.